The average Bonchev–Trinajstić information content (AvgIpc) is 2.35. The lowest BCUT2D eigenvalue weighted by atomic mass is 10.2. The fraction of sp³-hybridized carbons (Fsp3) is 0.214. The van der Waals surface area contributed by atoms with Gasteiger partial charge in [0.1, 0.15) is 5.82 Å². The molecule has 0 saturated heterocycles. The van der Waals surface area contributed by atoms with E-state index in [1.165, 1.54) is 6.07 Å². The molecule has 1 N–H and O–H groups in total. The van der Waals surface area contributed by atoms with E-state index < -0.39 is 0 Å². The molecule has 0 aliphatic carbocycles. The van der Waals surface area contributed by atoms with E-state index in [9.17, 15) is 4.39 Å². The second-order valence-electron chi connectivity index (χ2n) is 4.09. The standard InChI is InChI=1S/C14H14BrFN2/c1-10-4-2-6-12(18-10)9-17-8-11-5-3-7-13(16)14(11)15/h2-7,17H,8-9H2,1H3. The number of benzene rings is 1. The highest BCUT2D eigenvalue weighted by molar-refractivity contribution is 9.10. The first-order valence-electron chi connectivity index (χ1n) is 5.73. The number of hydrogen-bond donors (Lipinski definition) is 1. The van der Waals surface area contributed by atoms with E-state index in [1.807, 2.05) is 31.2 Å². The lowest BCUT2D eigenvalue weighted by Gasteiger charge is -2.07. The number of hydrogen-bond acceptors (Lipinski definition) is 2. The van der Waals surface area contributed by atoms with Crippen LogP contribution in [0.1, 0.15) is 17.0 Å². The minimum Gasteiger partial charge on any atom is -0.307 e. The van der Waals surface area contributed by atoms with Crippen LogP contribution in [0, 0.1) is 12.7 Å². The molecule has 0 aliphatic heterocycles. The van der Waals surface area contributed by atoms with E-state index in [0.717, 1.165) is 17.0 Å². The Balaban J connectivity index is 1.94. The molecular weight excluding hydrogens is 295 g/mol. The number of pyridine rings is 1. The number of nitrogens with zero attached hydrogens (tertiary/aromatic N) is 1. The number of rotatable bonds is 4. The molecule has 0 atom stereocenters. The van der Waals surface area contributed by atoms with Gasteiger partial charge < -0.3 is 5.32 Å². The third kappa shape index (κ3) is 3.37. The summed E-state index contributed by atoms with van der Waals surface area (Å²) in [7, 11) is 0. The van der Waals surface area contributed by atoms with Gasteiger partial charge in [-0.25, -0.2) is 4.39 Å². The average molecular weight is 309 g/mol. The van der Waals surface area contributed by atoms with Crippen molar-refractivity contribution in [1.29, 1.82) is 0 Å². The molecule has 2 nitrogen and oxygen atoms in total. The van der Waals surface area contributed by atoms with Crippen LogP contribution >= 0.6 is 15.9 Å². The molecule has 0 unspecified atom stereocenters. The molecule has 0 amide bonds. The molecule has 2 aromatic rings. The summed E-state index contributed by atoms with van der Waals surface area (Å²) in [4.78, 5) is 4.40. The maximum absolute atomic E-state index is 13.3. The first-order valence-corrected chi connectivity index (χ1v) is 6.52. The molecule has 1 heterocycles. The van der Waals surface area contributed by atoms with Crippen LogP contribution < -0.4 is 5.32 Å². The molecule has 0 bridgehead atoms. The number of aromatic nitrogens is 1. The number of halogens is 2. The van der Waals surface area contributed by atoms with Crippen LogP contribution in [-0.2, 0) is 13.1 Å². The zero-order valence-corrected chi connectivity index (χ0v) is 11.7. The highest BCUT2D eigenvalue weighted by Crippen LogP contribution is 2.20. The Kier molecular flexibility index (Phi) is 4.44. The quantitative estimate of drug-likeness (QED) is 0.934. The summed E-state index contributed by atoms with van der Waals surface area (Å²) >= 11 is 3.25. The van der Waals surface area contributed by atoms with Crippen LogP contribution in [0.15, 0.2) is 40.9 Å². The maximum atomic E-state index is 13.3. The van der Waals surface area contributed by atoms with Crippen molar-refractivity contribution in [3.05, 3.63) is 63.6 Å². The van der Waals surface area contributed by atoms with Gasteiger partial charge in [-0.3, -0.25) is 4.98 Å². The van der Waals surface area contributed by atoms with Crippen molar-refractivity contribution < 1.29 is 4.39 Å². The Morgan fingerprint density at radius 3 is 2.72 bits per heavy atom. The van der Waals surface area contributed by atoms with Crippen molar-refractivity contribution in [3.63, 3.8) is 0 Å². The minimum absolute atomic E-state index is 0.233. The van der Waals surface area contributed by atoms with Crippen molar-refractivity contribution in [2.45, 2.75) is 20.0 Å². The fourth-order valence-electron chi connectivity index (χ4n) is 1.71. The topological polar surface area (TPSA) is 24.9 Å². The first-order chi connectivity index (χ1) is 8.66. The van der Waals surface area contributed by atoms with Gasteiger partial charge in [-0.2, -0.15) is 0 Å². The van der Waals surface area contributed by atoms with Crippen molar-refractivity contribution in [3.8, 4) is 0 Å². The van der Waals surface area contributed by atoms with Crippen LogP contribution in [-0.4, -0.2) is 4.98 Å². The fourth-order valence-corrected chi connectivity index (χ4v) is 2.11. The summed E-state index contributed by atoms with van der Waals surface area (Å²) < 4.78 is 13.8. The van der Waals surface area contributed by atoms with Gasteiger partial charge in [-0.1, -0.05) is 18.2 Å². The summed E-state index contributed by atoms with van der Waals surface area (Å²) in [5.74, 6) is -0.233. The second-order valence-corrected chi connectivity index (χ2v) is 4.88. The monoisotopic (exact) mass is 308 g/mol. The van der Waals surface area contributed by atoms with Crippen LogP contribution in [0.5, 0.6) is 0 Å². The molecule has 0 radical (unpaired) electrons. The van der Waals surface area contributed by atoms with Gasteiger partial charge in [-0.15, -0.1) is 0 Å². The first kappa shape index (κ1) is 13.2. The lowest BCUT2D eigenvalue weighted by Crippen LogP contribution is -2.14. The van der Waals surface area contributed by atoms with E-state index in [2.05, 4.69) is 26.2 Å². The van der Waals surface area contributed by atoms with Crippen molar-refractivity contribution in [2.24, 2.45) is 0 Å². The second kappa shape index (κ2) is 6.07. The van der Waals surface area contributed by atoms with Gasteiger partial charge in [-0.05, 0) is 46.6 Å². The third-order valence-electron chi connectivity index (χ3n) is 2.60. The Labute approximate surface area is 114 Å². The summed E-state index contributed by atoms with van der Waals surface area (Å²) in [5, 5.41) is 3.25. The van der Waals surface area contributed by atoms with E-state index in [-0.39, 0.29) is 5.82 Å². The summed E-state index contributed by atoms with van der Waals surface area (Å²) in [6.45, 7) is 3.24. The van der Waals surface area contributed by atoms with E-state index >= 15 is 0 Å². The number of aryl methyl sites for hydroxylation is 1. The smallest absolute Gasteiger partial charge is 0.137 e. The van der Waals surface area contributed by atoms with Crippen molar-refractivity contribution in [2.75, 3.05) is 0 Å². The van der Waals surface area contributed by atoms with Crippen LogP contribution in [0.3, 0.4) is 0 Å². The Morgan fingerprint density at radius 1 is 1.17 bits per heavy atom. The Morgan fingerprint density at radius 2 is 1.94 bits per heavy atom. The predicted octanol–water partition coefficient (Wildman–Crippen LogP) is 3.58. The zero-order valence-electron chi connectivity index (χ0n) is 10.1. The largest absolute Gasteiger partial charge is 0.307 e. The van der Waals surface area contributed by atoms with Crippen molar-refractivity contribution in [1.82, 2.24) is 10.3 Å². The summed E-state index contributed by atoms with van der Waals surface area (Å²) in [6.07, 6.45) is 0. The highest BCUT2D eigenvalue weighted by Gasteiger charge is 2.04. The van der Waals surface area contributed by atoms with E-state index in [0.29, 0.717) is 17.6 Å². The molecule has 0 aliphatic rings. The molecule has 1 aromatic carbocycles. The molecule has 0 saturated carbocycles. The minimum atomic E-state index is -0.233. The van der Waals surface area contributed by atoms with Gasteiger partial charge >= 0.3 is 0 Å². The molecule has 94 valence electrons. The van der Waals surface area contributed by atoms with E-state index in [1.54, 1.807) is 6.07 Å². The molecular formula is C14H14BrFN2. The van der Waals surface area contributed by atoms with Gasteiger partial charge in [0, 0.05) is 18.8 Å². The molecule has 4 heteroatoms. The zero-order chi connectivity index (χ0) is 13.0. The molecule has 0 spiro atoms. The predicted molar refractivity (Wildman–Crippen MR) is 73.6 cm³/mol. The van der Waals surface area contributed by atoms with Crippen molar-refractivity contribution >= 4 is 15.9 Å². The van der Waals surface area contributed by atoms with Crippen LogP contribution in [0.25, 0.3) is 0 Å². The van der Waals surface area contributed by atoms with Gasteiger partial charge in [0.25, 0.3) is 0 Å². The lowest BCUT2D eigenvalue weighted by molar-refractivity contribution is 0.611. The Hall–Kier alpha value is -1.26. The number of nitrogens with one attached hydrogen (secondary N) is 1. The molecule has 2 rings (SSSR count). The SMILES string of the molecule is Cc1cccc(CNCc2cccc(F)c2Br)n1. The highest BCUT2D eigenvalue weighted by atomic mass is 79.9. The summed E-state index contributed by atoms with van der Waals surface area (Å²) in [5.41, 5.74) is 2.89. The van der Waals surface area contributed by atoms with Crippen LogP contribution in [0.2, 0.25) is 0 Å². The third-order valence-corrected chi connectivity index (χ3v) is 3.49. The van der Waals surface area contributed by atoms with Gasteiger partial charge in [0.2, 0.25) is 0 Å². The van der Waals surface area contributed by atoms with Crippen LogP contribution in [0.4, 0.5) is 4.39 Å². The van der Waals surface area contributed by atoms with E-state index in [4.69, 9.17) is 0 Å². The Bertz CT molecular complexity index is 543. The molecule has 0 fully saturated rings. The maximum Gasteiger partial charge on any atom is 0.137 e. The summed E-state index contributed by atoms with van der Waals surface area (Å²) in [6, 6.07) is 11.0. The normalized spacial score (nSPS) is 10.6. The van der Waals surface area contributed by atoms with Gasteiger partial charge in [0.15, 0.2) is 0 Å². The molecule has 1 aromatic heterocycles. The molecule has 18 heavy (non-hydrogen) atoms. The van der Waals surface area contributed by atoms with Gasteiger partial charge in [0.05, 0.1) is 10.2 Å².